The third kappa shape index (κ3) is 4.72. The van der Waals surface area contributed by atoms with Gasteiger partial charge < -0.3 is 10.4 Å². The number of halogens is 1. The van der Waals surface area contributed by atoms with Gasteiger partial charge in [-0.3, -0.25) is 4.79 Å². The van der Waals surface area contributed by atoms with E-state index in [9.17, 15) is 9.18 Å². The number of carbonyl (C=O) groups is 1. The molecule has 1 atom stereocenters. The van der Waals surface area contributed by atoms with Crippen molar-refractivity contribution in [2.45, 2.75) is 32.5 Å². The highest BCUT2D eigenvalue weighted by atomic mass is 19.1. The number of alkyl halides is 1. The molecule has 0 aliphatic carbocycles. The van der Waals surface area contributed by atoms with Gasteiger partial charge in [-0.15, -0.1) is 0 Å². The molecule has 4 heteroatoms. The second-order valence-electron chi connectivity index (χ2n) is 3.03. The molecule has 0 rings (SSSR count). The van der Waals surface area contributed by atoms with Crippen LogP contribution in [-0.2, 0) is 4.79 Å². The van der Waals surface area contributed by atoms with E-state index in [2.05, 4.69) is 5.32 Å². The molecular formula is C7H14FNO2. The van der Waals surface area contributed by atoms with E-state index in [-0.39, 0.29) is 6.54 Å². The lowest BCUT2D eigenvalue weighted by atomic mass is 10.1. The van der Waals surface area contributed by atoms with E-state index in [1.807, 2.05) is 0 Å². The van der Waals surface area contributed by atoms with Gasteiger partial charge in [-0.25, -0.2) is 4.39 Å². The van der Waals surface area contributed by atoms with Gasteiger partial charge in [-0.2, -0.15) is 0 Å². The SMILES string of the molecule is C[C@H](O)CNC(=O)C(C)(C)F. The van der Waals surface area contributed by atoms with Gasteiger partial charge in [0.25, 0.3) is 5.91 Å². The number of nitrogens with one attached hydrogen (secondary N) is 1. The lowest BCUT2D eigenvalue weighted by Crippen LogP contribution is -2.41. The van der Waals surface area contributed by atoms with Gasteiger partial charge >= 0.3 is 0 Å². The predicted octanol–water partition coefficient (Wildman–Crippen LogP) is 0.231. The Morgan fingerprint density at radius 3 is 2.45 bits per heavy atom. The minimum atomic E-state index is -1.87. The molecule has 0 heterocycles. The van der Waals surface area contributed by atoms with Crippen LogP contribution in [0.15, 0.2) is 0 Å². The average molecular weight is 163 g/mol. The Kier molecular flexibility index (Phi) is 3.45. The molecule has 66 valence electrons. The molecule has 0 aliphatic heterocycles. The Morgan fingerprint density at radius 1 is 1.73 bits per heavy atom. The molecule has 0 spiro atoms. The lowest BCUT2D eigenvalue weighted by molar-refractivity contribution is -0.131. The second kappa shape index (κ2) is 3.67. The molecule has 2 N–H and O–H groups in total. The Bertz CT molecular complexity index is 140. The van der Waals surface area contributed by atoms with Crippen molar-refractivity contribution >= 4 is 5.91 Å². The number of aliphatic hydroxyl groups is 1. The number of hydrogen-bond donors (Lipinski definition) is 2. The van der Waals surface area contributed by atoms with Crippen molar-refractivity contribution in [3.63, 3.8) is 0 Å². The molecule has 0 aromatic carbocycles. The maximum absolute atomic E-state index is 12.7. The smallest absolute Gasteiger partial charge is 0.257 e. The molecule has 0 saturated heterocycles. The highest BCUT2D eigenvalue weighted by Crippen LogP contribution is 2.06. The molecule has 0 aromatic rings. The molecule has 3 nitrogen and oxygen atoms in total. The van der Waals surface area contributed by atoms with Crippen molar-refractivity contribution in [3.8, 4) is 0 Å². The highest BCUT2D eigenvalue weighted by molar-refractivity contribution is 5.84. The van der Waals surface area contributed by atoms with Crippen LogP contribution in [0.2, 0.25) is 0 Å². The fraction of sp³-hybridized carbons (Fsp3) is 0.857. The van der Waals surface area contributed by atoms with Crippen molar-refractivity contribution in [1.82, 2.24) is 5.32 Å². The zero-order valence-electron chi connectivity index (χ0n) is 7.02. The van der Waals surface area contributed by atoms with Gasteiger partial charge in [-0.05, 0) is 20.8 Å². The average Bonchev–Trinajstić information content (AvgIpc) is 1.80. The molecule has 0 aromatic heterocycles. The zero-order valence-corrected chi connectivity index (χ0v) is 7.02. The number of rotatable bonds is 3. The lowest BCUT2D eigenvalue weighted by Gasteiger charge is -2.14. The summed E-state index contributed by atoms with van der Waals surface area (Å²) < 4.78 is 12.7. The van der Waals surface area contributed by atoms with Gasteiger partial charge in [0.15, 0.2) is 5.67 Å². The summed E-state index contributed by atoms with van der Waals surface area (Å²) in [5.41, 5.74) is -1.87. The molecule has 0 unspecified atom stereocenters. The van der Waals surface area contributed by atoms with Crippen molar-refractivity contribution in [2.75, 3.05) is 6.54 Å². The van der Waals surface area contributed by atoms with E-state index >= 15 is 0 Å². The van der Waals surface area contributed by atoms with Gasteiger partial charge in [0, 0.05) is 6.54 Å². The van der Waals surface area contributed by atoms with E-state index in [0.717, 1.165) is 0 Å². The highest BCUT2D eigenvalue weighted by Gasteiger charge is 2.25. The van der Waals surface area contributed by atoms with Gasteiger partial charge in [0.05, 0.1) is 6.10 Å². The first kappa shape index (κ1) is 10.4. The Balaban J connectivity index is 3.71. The van der Waals surface area contributed by atoms with E-state index in [1.165, 1.54) is 20.8 Å². The topological polar surface area (TPSA) is 49.3 Å². The van der Waals surface area contributed by atoms with Crippen LogP contribution in [0, 0.1) is 0 Å². The zero-order chi connectivity index (χ0) is 9.07. The monoisotopic (exact) mass is 163 g/mol. The minimum Gasteiger partial charge on any atom is -0.392 e. The normalized spacial score (nSPS) is 14.3. The molecule has 1 amide bonds. The predicted molar refractivity (Wildman–Crippen MR) is 39.9 cm³/mol. The van der Waals surface area contributed by atoms with Crippen molar-refractivity contribution in [2.24, 2.45) is 0 Å². The fourth-order valence-corrected chi connectivity index (χ4v) is 0.451. The Hall–Kier alpha value is -0.640. The second-order valence-corrected chi connectivity index (χ2v) is 3.03. The summed E-state index contributed by atoms with van der Waals surface area (Å²) in [5.74, 6) is -0.696. The largest absolute Gasteiger partial charge is 0.392 e. The summed E-state index contributed by atoms with van der Waals surface area (Å²) in [6, 6.07) is 0. The summed E-state index contributed by atoms with van der Waals surface area (Å²) in [5, 5.41) is 11.0. The molecule has 0 bridgehead atoms. The summed E-state index contributed by atoms with van der Waals surface area (Å²) in [7, 11) is 0. The van der Waals surface area contributed by atoms with Crippen LogP contribution in [0.3, 0.4) is 0 Å². The molecular weight excluding hydrogens is 149 g/mol. The Labute approximate surface area is 65.6 Å². The van der Waals surface area contributed by atoms with E-state index in [0.29, 0.717) is 0 Å². The molecule has 0 saturated carbocycles. The summed E-state index contributed by atoms with van der Waals surface area (Å²) in [4.78, 5) is 10.8. The van der Waals surface area contributed by atoms with Gasteiger partial charge in [0.2, 0.25) is 0 Å². The summed E-state index contributed by atoms with van der Waals surface area (Å²) >= 11 is 0. The maximum Gasteiger partial charge on any atom is 0.257 e. The summed E-state index contributed by atoms with van der Waals surface area (Å²) in [6.07, 6.45) is -0.638. The first-order valence-corrected chi connectivity index (χ1v) is 3.49. The van der Waals surface area contributed by atoms with Crippen molar-refractivity contribution in [3.05, 3.63) is 0 Å². The van der Waals surface area contributed by atoms with Crippen LogP contribution >= 0.6 is 0 Å². The van der Waals surface area contributed by atoms with Crippen LogP contribution in [0.5, 0.6) is 0 Å². The molecule has 0 radical (unpaired) electrons. The van der Waals surface area contributed by atoms with E-state index < -0.39 is 17.7 Å². The first-order chi connectivity index (χ1) is 4.84. The van der Waals surface area contributed by atoms with Crippen LogP contribution < -0.4 is 5.32 Å². The van der Waals surface area contributed by atoms with E-state index in [4.69, 9.17) is 5.11 Å². The number of carbonyl (C=O) groups excluding carboxylic acids is 1. The van der Waals surface area contributed by atoms with Crippen LogP contribution in [0.4, 0.5) is 4.39 Å². The van der Waals surface area contributed by atoms with Crippen LogP contribution in [0.1, 0.15) is 20.8 Å². The van der Waals surface area contributed by atoms with Crippen molar-refractivity contribution < 1.29 is 14.3 Å². The molecule has 0 aliphatic rings. The first-order valence-electron chi connectivity index (χ1n) is 3.49. The number of amides is 1. The van der Waals surface area contributed by atoms with Crippen molar-refractivity contribution in [1.29, 1.82) is 0 Å². The maximum atomic E-state index is 12.7. The van der Waals surface area contributed by atoms with Gasteiger partial charge in [0.1, 0.15) is 0 Å². The number of aliphatic hydroxyl groups excluding tert-OH is 1. The Morgan fingerprint density at radius 2 is 2.18 bits per heavy atom. The summed E-state index contributed by atoms with van der Waals surface area (Å²) in [6.45, 7) is 3.95. The molecule has 0 fully saturated rings. The third-order valence-corrected chi connectivity index (χ3v) is 1.10. The van der Waals surface area contributed by atoms with Crippen LogP contribution in [-0.4, -0.2) is 29.3 Å². The minimum absolute atomic E-state index is 0.0895. The standard InChI is InChI=1S/C7H14FNO2/c1-5(10)4-9-6(11)7(2,3)8/h5,10H,4H2,1-3H3,(H,9,11)/t5-/m0/s1. The quantitative estimate of drug-likeness (QED) is 0.625. The molecule has 11 heavy (non-hydrogen) atoms. The fourth-order valence-electron chi connectivity index (χ4n) is 0.451. The number of hydrogen-bond acceptors (Lipinski definition) is 2. The van der Waals surface area contributed by atoms with Crippen LogP contribution in [0.25, 0.3) is 0 Å². The van der Waals surface area contributed by atoms with E-state index in [1.54, 1.807) is 0 Å². The van der Waals surface area contributed by atoms with Gasteiger partial charge in [-0.1, -0.05) is 0 Å². The third-order valence-electron chi connectivity index (χ3n) is 1.10.